The highest BCUT2D eigenvalue weighted by molar-refractivity contribution is 6.40. The molecule has 0 unspecified atom stereocenters. The molecule has 1 saturated heterocycles. The Bertz CT molecular complexity index is 1620. The summed E-state index contributed by atoms with van der Waals surface area (Å²) in [7, 11) is 1.30. The second kappa shape index (κ2) is 12.8. The van der Waals surface area contributed by atoms with E-state index in [1.807, 2.05) is 0 Å². The molecule has 0 aliphatic carbocycles. The number of halogens is 4. The SMILES string of the molecule is CC(C)C[C@@H](C(=O)N1C[C@]2(C[C@H]1C#N)C(=O)Nc1ccccc12)N(C)C(=O)[C@H](C)NC(=O)C(=O)Nc1c(F)cccc1C(F)(F)F. The van der Waals surface area contributed by atoms with E-state index in [0.717, 1.165) is 11.0 Å². The lowest BCUT2D eigenvalue weighted by molar-refractivity contribution is -0.147. The molecule has 0 aromatic heterocycles. The van der Waals surface area contributed by atoms with Crippen LogP contribution in [0, 0.1) is 23.1 Å². The first-order valence-corrected chi connectivity index (χ1v) is 14.4. The van der Waals surface area contributed by atoms with Crippen molar-refractivity contribution in [1.82, 2.24) is 15.1 Å². The highest BCUT2D eigenvalue weighted by Gasteiger charge is 2.56. The predicted octanol–water partition coefficient (Wildman–Crippen LogP) is 3.18. The van der Waals surface area contributed by atoms with Gasteiger partial charge in [0, 0.05) is 25.7 Å². The number of likely N-dealkylation sites (N-methyl/N-ethyl adjacent to an activating group) is 1. The number of rotatable bonds is 7. The monoisotopic (exact) mass is 644 g/mol. The Morgan fingerprint density at radius 1 is 1.11 bits per heavy atom. The van der Waals surface area contributed by atoms with Gasteiger partial charge in [-0.2, -0.15) is 18.4 Å². The number of carbonyl (C=O) groups excluding carboxylic acids is 5. The smallest absolute Gasteiger partial charge is 0.336 e. The van der Waals surface area contributed by atoms with Gasteiger partial charge < -0.3 is 25.8 Å². The van der Waals surface area contributed by atoms with Gasteiger partial charge in [0.1, 0.15) is 23.9 Å². The van der Waals surface area contributed by atoms with E-state index in [9.17, 15) is 46.8 Å². The van der Waals surface area contributed by atoms with Gasteiger partial charge in [0.2, 0.25) is 17.7 Å². The molecule has 244 valence electrons. The second-order valence-corrected chi connectivity index (χ2v) is 11.8. The lowest BCUT2D eigenvalue weighted by Gasteiger charge is -2.34. The van der Waals surface area contributed by atoms with Crippen LogP contribution in [0.5, 0.6) is 0 Å². The minimum Gasteiger partial charge on any atom is -0.336 e. The van der Waals surface area contributed by atoms with E-state index in [-0.39, 0.29) is 31.2 Å². The van der Waals surface area contributed by atoms with Crippen molar-refractivity contribution in [3.05, 3.63) is 59.4 Å². The van der Waals surface area contributed by atoms with E-state index in [1.165, 1.54) is 18.9 Å². The van der Waals surface area contributed by atoms with Crippen molar-refractivity contribution in [2.75, 3.05) is 24.2 Å². The molecule has 5 amide bonds. The van der Waals surface area contributed by atoms with Gasteiger partial charge in [-0.15, -0.1) is 0 Å². The molecular weight excluding hydrogens is 612 g/mol. The van der Waals surface area contributed by atoms with Crippen LogP contribution in [0.3, 0.4) is 0 Å². The number of likely N-dealkylation sites (tertiary alicyclic amines) is 1. The Labute approximate surface area is 261 Å². The zero-order chi connectivity index (χ0) is 34.1. The number of alkyl halides is 3. The number of nitrogens with one attached hydrogen (secondary N) is 3. The first-order chi connectivity index (χ1) is 21.5. The van der Waals surface area contributed by atoms with Crippen LogP contribution >= 0.6 is 0 Å². The Morgan fingerprint density at radius 3 is 2.41 bits per heavy atom. The third kappa shape index (κ3) is 6.37. The number of para-hydroxylation sites is 2. The van der Waals surface area contributed by atoms with E-state index in [1.54, 1.807) is 43.4 Å². The van der Waals surface area contributed by atoms with Crippen molar-refractivity contribution >= 4 is 40.9 Å². The van der Waals surface area contributed by atoms with Gasteiger partial charge in [0.25, 0.3) is 0 Å². The molecular formula is C31H32F4N6O5. The van der Waals surface area contributed by atoms with Crippen LogP contribution < -0.4 is 16.0 Å². The van der Waals surface area contributed by atoms with E-state index in [0.29, 0.717) is 23.4 Å². The van der Waals surface area contributed by atoms with Crippen molar-refractivity contribution in [2.45, 2.75) is 63.3 Å². The fraction of sp³-hybridized carbons (Fsp3) is 0.419. The summed E-state index contributed by atoms with van der Waals surface area (Å²) in [6.45, 7) is 4.71. The quantitative estimate of drug-likeness (QED) is 0.311. The van der Waals surface area contributed by atoms with Crippen LogP contribution in [0.4, 0.5) is 28.9 Å². The molecule has 0 radical (unpaired) electrons. The number of amides is 5. The molecule has 3 N–H and O–H groups in total. The van der Waals surface area contributed by atoms with Crippen LogP contribution in [0.25, 0.3) is 0 Å². The number of carbonyl (C=O) groups is 5. The number of hydrogen-bond donors (Lipinski definition) is 3. The largest absolute Gasteiger partial charge is 0.418 e. The van der Waals surface area contributed by atoms with Crippen molar-refractivity contribution in [3.63, 3.8) is 0 Å². The summed E-state index contributed by atoms with van der Waals surface area (Å²) >= 11 is 0. The maximum atomic E-state index is 14.2. The summed E-state index contributed by atoms with van der Waals surface area (Å²) in [4.78, 5) is 67.9. The number of hydrogen-bond acceptors (Lipinski definition) is 6. The van der Waals surface area contributed by atoms with Crippen molar-refractivity contribution in [2.24, 2.45) is 5.92 Å². The molecule has 1 spiro atoms. The molecule has 2 heterocycles. The summed E-state index contributed by atoms with van der Waals surface area (Å²) in [5.74, 6) is -6.49. The Balaban J connectivity index is 1.50. The van der Waals surface area contributed by atoms with E-state index in [4.69, 9.17) is 0 Å². The third-order valence-corrected chi connectivity index (χ3v) is 8.19. The minimum absolute atomic E-state index is 0.0454. The molecule has 2 aromatic carbocycles. The summed E-state index contributed by atoms with van der Waals surface area (Å²) < 4.78 is 54.1. The number of anilines is 2. The molecule has 2 aliphatic heterocycles. The summed E-state index contributed by atoms with van der Waals surface area (Å²) in [6, 6.07) is 7.51. The second-order valence-electron chi connectivity index (χ2n) is 11.8. The van der Waals surface area contributed by atoms with Crippen molar-refractivity contribution < 1.29 is 41.5 Å². The number of benzene rings is 2. The molecule has 0 saturated carbocycles. The van der Waals surface area contributed by atoms with Crippen LogP contribution in [0.15, 0.2) is 42.5 Å². The predicted molar refractivity (Wildman–Crippen MR) is 156 cm³/mol. The summed E-state index contributed by atoms with van der Waals surface area (Å²) in [6.07, 6.45) is -4.85. The van der Waals surface area contributed by atoms with Crippen LogP contribution in [-0.4, -0.2) is 71.1 Å². The zero-order valence-corrected chi connectivity index (χ0v) is 25.4. The Morgan fingerprint density at radius 2 is 1.78 bits per heavy atom. The fourth-order valence-electron chi connectivity index (χ4n) is 5.89. The van der Waals surface area contributed by atoms with Gasteiger partial charge in [-0.1, -0.05) is 38.1 Å². The average Bonchev–Trinajstić information content (AvgIpc) is 3.52. The Hall–Kier alpha value is -5.00. The van der Waals surface area contributed by atoms with Gasteiger partial charge >= 0.3 is 18.0 Å². The van der Waals surface area contributed by atoms with E-state index >= 15 is 0 Å². The molecule has 1 fully saturated rings. The number of nitrogens with zero attached hydrogens (tertiary/aromatic N) is 3. The number of fused-ring (bicyclic) bond motifs is 2. The average molecular weight is 645 g/mol. The molecule has 4 atom stereocenters. The van der Waals surface area contributed by atoms with Crippen LogP contribution in [0.1, 0.15) is 44.7 Å². The number of nitriles is 1. The molecule has 11 nitrogen and oxygen atoms in total. The molecule has 4 rings (SSSR count). The normalized spacial score (nSPS) is 20.0. The maximum Gasteiger partial charge on any atom is 0.418 e. The van der Waals surface area contributed by atoms with E-state index in [2.05, 4.69) is 16.7 Å². The van der Waals surface area contributed by atoms with Gasteiger partial charge in [0.05, 0.1) is 22.7 Å². The standard InChI is InChI=1S/C31H32F4N6O5/c1-16(2)12-23(28(45)41-15-30(13-18(41)14-36)19-8-5-6-11-22(19)38-29(30)46)40(4)27(44)17(3)37-25(42)26(43)39-24-20(31(33,34)35)9-7-10-21(24)32/h5-11,16-18,23H,12-13,15H2,1-4H3,(H,37,42)(H,38,46)(H,39,43)/t17-,18-,23-,30-/m0/s1. The van der Waals surface area contributed by atoms with Crippen molar-refractivity contribution in [3.8, 4) is 6.07 Å². The van der Waals surface area contributed by atoms with Gasteiger partial charge in [-0.25, -0.2) is 4.39 Å². The first kappa shape index (κ1) is 33.9. The van der Waals surface area contributed by atoms with Crippen molar-refractivity contribution in [1.29, 1.82) is 5.26 Å². The molecule has 46 heavy (non-hydrogen) atoms. The van der Waals surface area contributed by atoms with Gasteiger partial charge in [-0.3, -0.25) is 24.0 Å². The molecule has 2 aromatic rings. The summed E-state index contributed by atoms with van der Waals surface area (Å²) in [5, 5.41) is 16.5. The van der Waals surface area contributed by atoms with E-state index < -0.39 is 70.4 Å². The third-order valence-electron chi connectivity index (χ3n) is 8.19. The fourth-order valence-corrected chi connectivity index (χ4v) is 5.89. The Kier molecular flexibility index (Phi) is 9.41. The zero-order valence-electron chi connectivity index (χ0n) is 25.4. The molecule has 2 aliphatic rings. The lowest BCUT2D eigenvalue weighted by Crippen LogP contribution is -2.56. The first-order valence-electron chi connectivity index (χ1n) is 14.4. The lowest BCUT2D eigenvalue weighted by atomic mass is 9.80. The van der Waals surface area contributed by atoms with Crippen LogP contribution in [0.2, 0.25) is 0 Å². The minimum atomic E-state index is -5.03. The highest BCUT2D eigenvalue weighted by atomic mass is 19.4. The molecule has 0 bridgehead atoms. The topological polar surface area (TPSA) is 152 Å². The molecule has 15 heteroatoms. The van der Waals surface area contributed by atoms with Crippen LogP contribution in [-0.2, 0) is 35.6 Å². The highest BCUT2D eigenvalue weighted by Crippen LogP contribution is 2.46. The summed E-state index contributed by atoms with van der Waals surface area (Å²) in [5.41, 5.74) is -2.67. The van der Waals surface area contributed by atoms with Gasteiger partial charge in [-0.05, 0) is 43.0 Å². The maximum absolute atomic E-state index is 14.2. The van der Waals surface area contributed by atoms with Gasteiger partial charge in [0.15, 0.2) is 0 Å².